The van der Waals surface area contributed by atoms with Gasteiger partial charge < -0.3 is 21.1 Å². The van der Waals surface area contributed by atoms with Gasteiger partial charge >= 0.3 is 0 Å². The highest BCUT2D eigenvalue weighted by atomic mass is 16.5. The Labute approximate surface area is 136 Å². The highest BCUT2D eigenvalue weighted by Gasteiger charge is 2.15. The van der Waals surface area contributed by atoms with E-state index in [0.29, 0.717) is 19.0 Å². The summed E-state index contributed by atoms with van der Waals surface area (Å²) in [5, 5.41) is 6.56. The minimum atomic E-state index is 0.272. The van der Waals surface area contributed by atoms with Gasteiger partial charge in [-0.3, -0.25) is 0 Å². The molecule has 0 unspecified atom stereocenters. The molecule has 3 rings (SSSR count). The zero-order chi connectivity index (χ0) is 15.9. The second kappa shape index (κ2) is 7.89. The van der Waals surface area contributed by atoms with Crippen LogP contribution in [0.5, 0.6) is 0 Å². The summed E-state index contributed by atoms with van der Waals surface area (Å²) in [6, 6.07) is 10.1. The van der Waals surface area contributed by atoms with E-state index in [2.05, 4.69) is 32.7 Å². The predicted molar refractivity (Wildman–Crippen MR) is 91.2 cm³/mol. The zero-order valence-corrected chi connectivity index (χ0v) is 13.2. The highest BCUT2D eigenvalue weighted by Crippen LogP contribution is 2.13. The third-order valence-corrected chi connectivity index (χ3v) is 3.87. The summed E-state index contributed by atoms with van der Waals surface area (Å²) in [6.45, 7) is 2.87. The minimum Gasteiger partial charge on any atom is -0.376 e. The van der Waals surface area contributed by atoms with Crippen molar-refractivity contribution in [2.45, 2.75) is 32.0 Å². The van der Waals surface area contributed by atoms with Crippen molar-refractivity contribution in [2.75, 3.05) is 23.8 Å². The monoisotopic (exact) mass is 313 g/mol. The number of nitrogens with zero attached hydrogens (tertiary/aromatic N) is 2. The summed E-state index contributed by atoms with van der Waals surface area (Å²) in [4.78, 5) is 8.73. The van der Waals surface area contributed by atoms with E-state index in [0.717, 1.165) is 37.4 Å². The Kier molecular flexibility index (Phi) is 5.39. The number of ether oxygens (including phenoxy) is 1. The number of hydrogen-bond acceptors (Lipinski definition) is 6. The van der Waals surface area contributed by atoms with Crippen molar-refractivity contribution < 1.29 is 4.74 Å². The van der Waals surface area contributed by atoms with Crippen molar-refractivity contribution in [2.24, 2.45) is 5.73 Å². The molecule has 6 heteroatoms. The summed E-state index contributed by atoms with van der Waals surface area (Å²) in [5.74, 6) is 1.43. The molecule has 0 bridgehead atoms. The number of nitrogens with two attached hydrogens (primary N) is 1. The molecule has 0 aliphatic carbocycles. The van der Waals surface area contributed by atoms with Crippen LogP contribution in [0.1, 0.15) is 24.0 Å². The van der Waals surface area contributed by atoms with Crippen molar-refractivity contribution in [3.8, 4) is 0 Å². The normalized spacial score (nSPS) is 17.2. The number of hydrogen-bond donors (Lipinski definition) is 3. The molecule has 1 fully saturated rings. The van der Waals surface area contributed by atoms with Crippen LogP contribution in [-0.4, -0.2) is 29.2 Å². The van der Waals surface area contributed by atoms with Crippen LogP contribution in [0.25, 0.3) is 0 Å². The predicted octanol–water partition coefficient (Wildman–Crippen LogP) is 2.14. The van der Waals surface area contributed by atoms with Gasteiger partial charge in [0.05, 0.1) is 6.10 Å². The van der Waals surface area contributed by atoms with Crippen molar-refractivity contribution in [3.05, 3.63) is 47.7 Å². The molecule has 1 atom stereocenters. The Morgan fingerprint density at radius 1 is 1.22 bits per heavy atom. The van der Waals surface area contributed by atoms with Crippen LogP contribution in [0.3, 0.4) is 0 Å². The number of nitrogens with one attached hydrogen (secondary N) is 2. The molecule has 1 aliphatic heterocycles. The standard InChI is InChI=1S/C17H23N5O/c18-10-13-3-1-4-14(9-13)11-20-16-6-7-19-17(22-16)21-12-15-5-2-8-23-15/h1,3-4,6-7,9,15H,2,5,8,10-12,18H2,(H2,19,20,21,22)/t15-/m1/s1. The van der Waals surface area contributed by atoms with E-state index in [1.807, 2.05) is 18.2 Å². The van der Waals surface area contributed by atoms with E-state index in [1.54, 1.807) is 6.20 Å². The summed E-state index contributed by atoms with van der Waals surface area (Å²) in [7, 11) is 0. The molecule has 1 saturated heterocycles. The summed E-state index contributed by atoms with van der Waals surface area (Å²) in [6.07, 6.45) is 4.26. The van der Waals surface area contributed by atoms with Crippen molar-refractivity contribution >= 4 is 11.8 Å². The molecule has 4 N–H and O–H groups in total. The summed E-state index contributed by atoms with van der Waals surface area (Å²) in [5.41, 5.74) is 7.98. The molecule has 1 aromatic heterocycles. The van der Waals surface area contributed by atoms with Crippen LogP contribution >= 0.6 is 0 Å². The maximum atomic E-state index is 5.67. The second-order valence-corrected chi connectivity index (χ2v) is 5.66. The Balaban J connectivity index is 1.54. The van der Waals surface area contributed by atoms with E-state index in [4.69, 9.17) is 10.5 Å². The van der Waals surface area contributed by atoms with Gasteiger partial charge in [-0.1, -0.05) is 24.3 Å². The quantitative estimate of drug-likeness (QED) is 0.726. The van der Waals surface area contributed by atoms with Gasteiger partial charge in [0.1, 0.15) is 5.82 Å². The number of anilines is 2. The molecule has 0 amide bonds. The van der Waals surface area contributed by atoms with Crippen LogP contribution in [0.4, 0.5) is 11.8 Å². The first-order valence-corrected chi connectivity index (χ1v) is 8.04. The topological polar surface area (TPSA) is 85.1 Å². The van der Waals surface area contributed by atoms with Crippen LogP contribution < -0.4 is 16.4 Å². The molecule has 1 aliphatic rings. The Bertz CT molecular complexity index is 628. The average Bonchev–Trinajstić information content (AvgIpc) is 3.12. The second-order valence-electron chi connectivity index (χ2n) is 5.66. The van der Waals surface area contributed by atoms with Gasteiger partial charge in [0.25, 0.3) is 0 Å². The van der Waals surface area contributed by atoms with Crippen LogP contribution in [-0.2, 0) is 17.8 Å². The lowest BCUT2D eigenvalue weighted by Crippen LogP contribution is -2.19. The third kappa shape index (κ3) is 4.64. The Morgan fingerprint density at radius 2 is 2.13 bits per heavy atom. The van der Waals surface area contributed by atoms with Crippen molar-refractivity contribution in [3.63, 3.8) is 0 Å². The average molecular weight is 313 g/mol. The largest absolute Gasteiger partial charge is 0.376 e. The number of aromatic nitrogens is 2. The van der Waals surface area contributed by atoms with Gasteiger partial charge in [-0.2, -0.15) is 4.98 Å². The van der Waals surface area contributed by atoms with E-state index >= 15 is 0 Å². The van der Waals surface area contributed by atoms with Gasteiger partial charge in [-0.25, -0.2) is 4.98 Å². The first kappa shape index (κ1) is 15.7. The fourth-order valence-corrected chi connectivity index (χ4v) is 2.61. The SMILES string of the molecule is NCc1cccc(CNc2ccnc(NC[C@H]3CCCO3)n2)c1. The summed E-state index contributed by atoms with van der Waals surface area (Å²) < 4.78 is 5.59. The minimum absolute atomic E-state index is 0.272. The molecule has 2 heterocycles. The Morgan fingerprint density at radius 3 is 2.96 bits per heavy atom. The van der Waals surface area contributed by atoms with E-state index in [9.17, 15) is 0 Å². The van der Waals surface area contributed by atoms with Crippen LogP contribution in [0, 0.1) is 0 Å². The molecule has 1 aromatic carbocycles. The van der Waals surface area contributed by atoms with Gasteiger partial charge in [0, 0.05) is 32.4 Å². The molecule has 23 heavy (non-hydrogen) atoms. The fraction of sp³-hybridized carbons (Fsp3) is 0.412. The number of rotatable bonds is 7. The molecule has 6 nitrogen and oxygen atoms in total. The number of benzene rings is 1. The van der Waals surface area contributed by atoms with E-state index in [1.165, 1.54) is 5.56 Å². The summed E-state index contributed by atoms with van der Waals surface area (Å²) >= 11 is 0. The fourth-order valence-electron chi connectivity index (χ4n) is 2.61. The lowest BCUT2D eigenvalue weighted by atomic mass is 10.1. The molecular weight excluding hydrogens is 290 g/mol. The van der Waals surface area contributed by atoms with Gasteiger partial charge in [0.15, 0.2) is 0 Å². The van der Waals surface area contributed by atoms with Crippen molar-refractivity contribution in [1.29, 1.82) is 0 Å². The first-order chi connectivity index (χ1) is 11.3. The molecule has 122 valence electrons. The zero-order valence-electron chi connectivity index (χ0n) is 13.2. The van der Waals surface area contributed by atoms with Gasteiger partial charge in [0.2, 0.25) is 5.95 Å². The van der Waals surface area contributed by atoms with Gasteiger partial charge in [-0.15, -0.1) is 0 Å². The van der Waals surface area contributed by atoms with Crippen molar-refractivity contribution in [1.82, 2.24) is 9.97 Å². The van der Waals surface area contributed by atoms with Crippen LogP contribution in [0.15, 0.2) is 36.5 Å². The van der Waals surface area contributed by atoms with Gasteiger partial charge in [-0.05, 0) is 30.0 Å². The van der Waals surface area contributed by atoms with E-state index < -0.39 is 0 Å². The first-order valence-electron chi connectivity index (χ1n) is 8.04. The maximum absolute atomic E-state index is 5.67. The van der Waals surface area contributed by atoms with Crippen LogP contribution in [0.2, 0.25) is 0 Å². The molecular formula is C17H23N5O. The lowest BCUT2D eigenvalue weighted by molar-refractivity contribution is 0.120. The maximum Gasteiger partial charge on any atom is 0.224 e. The molecule has 0 saturated carbocycles. The smallest absolute Gasteiger partial charge is 0.224 e. The molecule has 2 aromatic rings. The molecule has 0 radical (unpaired) electrons. The third-order valence-electron chi connectivity index (χ3n) is 3.87. The lowest BCUT2D eigenvalue weighted by Gasteiger charge is -2.12. The molecule has 0 spiro atoms. The highest BCUT2D eigenvalue weighted by molar-refractivity contribution is 5.40. The Hall–Kier alpha value is -2.18. The van der Waals surface area contributed by atoms with E-state index in [-0.39, 0.29) is 6.10 Å².